The summed E-state index contributed by atoms with van der Waals surface area (Å²) >= 11 is 0. The van der Waals surface area contributed by atoms with Crippen molar-refractivity contribution in [1.82, 2.24) is 5.32 Å². The minimum atomic E-state index is -0.874. The molecule has 0 radical (unpaired) electrons. The Kier molecular flexibility index (Phi) is 3.50. The summed E-state index contributed by atoms with van der Waals surface area (Å²) in [6.45, 7) is 10.7. The molecule has 13 heavy (non-hydrogen) atoms. The molecule has 0 aromatic heterocycles. The van der Waals surface area contributed by atoms with Gasteiger partial charge < -0.3 is 10.4 Å². The van der Waals surface area contributed by atoms with Crippen LogP contribution in [0.5, 0.6) is 0 Å². The molecule has 0 aliphatic rings. The van der Waals surface area contributed by atoms with E-state index >= 15 is 0 Å². The van der Waals surface area contributed by atoms with E-state index in [4.69, 9.17) is 0 Å². The van der Waals surface area contributed by atoms with Crippen molar-refractivity contribution in [3.63, 3.8) is 0 Å². The summed E-state index contributed by atoms with van der Waals surface area (Å²) in [5.74, 6) is -0.0397. The molecule has 1 atom stereocenters. The molecule has 3 nitrogen and oxygen atoms in total. The Morgan fingerprint density at radius 1 is 1.23 bits per heavy atom. The van der Waals surface area contributed by atoms with Crippen LogP contribution >= 0.6 is 0 Å². The Hall–Kier alpha value is -0.570. The van der Waals surface area contributed by atoms with Gasteiger partial charge in [-0.15, -0.1) is 0 Å². The Bertz CT molecular complexity index is 186. The van der Waals surface area contributed by atoms with E-state index < -0.39 is 11.0 Å². The topological polar surface area (TPSA) is 49.3 Å². The van der Waals surface area contributed by atoms with Gasteiger partial charge in [0, 0.05) is 5.41 Å². The van der Waals surface area contributed by atoms with Crippen LogP contribution in [0, 0.1) is 5.41 Å². The average molecular weight is 187 g/mol. The Morgan fingerprint density at radius 2 is 1.62 bits per heavy atom. The van der Waals surface area contributed by atoms with Crippen LogP contribution in [-0.2, 0) is 4.79 Å². The second kappa shape index (κ2) is 3.66. The fourth-order valence-electron chi connectivity index (χ4n) is 0.590. The number of nitrogens with one attached hydrogen (secondary N) is 1. The van der Waals surface area contributed by atoms with E-state index in [2.05, 4.69) is 5.32 Å². The van der Waals surface area contributed by atoms with Crippen molar-refractivity contribution in [3.05, 3.63) is 0 Å². The quantitative estimate of drug-likeness (QED) is 0.684. The number of aliphatic hydroxyl groups is 1. The highest BCUT2D eigenvalue weighted by atomic mass is 16.3. The Morgan fingerprint density at radius 3 is 1.85 bits per heavy atom. The minimum Gasteiger partial charge on any atom is -0.388 e. The molecule has 3 heteroatoms. The molecule has 0 bridgehead atoms. The van der Waals surface area contributed by atoms with Crippen molar-refractivity contribution in [3.8, 4) is 0 Å². The highest BCUT2D eigenvalue weighted by Crippen LogP contribution is 2.15. The molecule has 0 aliphatic carbocycles. The van der Waals surface area contributed by atoms with Crippen LogP contribution in [0.4, 0.5) is 0 Å². The lowest BCUT2D eigenvalue weighted by Gasteiger charge is -2.29. The number of hydrogen-bond donors (Lipinski definition) is 2. The molecular weight excluding hydrogens is 166 g/mol. The Labute approximate surface area is 80.5 Å². The lowest BCUT2D eigenvalue weighted by molar-refractivity contribution is -0.130. The molecule has 78 valence electrons. The van der Waals surface area contributed by atoms with E-state index in [0.717, 1.165) is 0 Å². The summed E-state index contributed by atoms with van der Waals surface area (Å²) in [7, 11) is 0. The lowest BCUT2D eigenvalue weighted by atomic mass is 9.93. The van der Waals surface area contributed by atoms with E-state index in [0.29, 0.717) is 0 Å². The molecule has 0 rings (SSSR count). The first-order valence-corrected chi connectivity index (χ1v) is 4.58. The summed E-state index contributed by atoms with van der Waals surface area (Å²) in [5, 5.41) is 12.4. The van der Waals surface area contributed by atoms with Gasteiger partial charge in [-0.2, -0.15) is 0 Å². The maximum Gasteiger partial charge on any atom is 0.225 e. The zero-order valence-electron chi connectivity index (χ0n) is 9.43. The SMILES string of the molecule is CC(NC(=O)C(C)(C)C)C(C)(C)O. The second-order valence-electron chi connectivity index (χ2n) is 5.10. The van der Waals surface area contributed by atoms with Crippen molar-refractivity contribution < 1.29 is 9.90 Å². The van der Waals surface area contributed by atoms with Gasteiger partial charge in [0.25, 0.3) is 0 Å². The number of amides is 1. The van der Waals surface area contributed by atoms with Crippen molar-refractivity contribution in [2.45, 2.75) is 53.2 Å². The number of carbonyl (C=O) groups excluding carboxylic acids is 1. The maximum absolute atomic E-state index is 11.5. The number of hydrogen-bond acceptors (Lipinski definition) is 2. The molecule has 0 spiro atoms. The van der Waals surface area contributed by atoms with Gasteiger partial charge in [-0.3, -0.25) is 4.79 Å². The van der Waals surface area contributed by atoms with Crippen LogP contribution in [0.1, 0.15) is 41.5 Å². The van der Waals surface area contributed by atoms with E-state index in [9.17, 15) is 9.90 Å². The molecule has 0 saturated carbocycles. The predicted molar refractivity (Wildman–Crippen MR) is 53.4 cm³/mol. The zero-order chi connectivity index (χ0) is 10.9. The Balaban J connectivity index is 4.24. The average Bonchev–Trinajstić information content (AvgIpc) is 1.82. The van der Waals surface area contributed by atoms with Crippen molar-refractivity contribution >= 4 is 5.91 Å². The highest BCUT2D eigenvalue weighted by Gasteiger charge is 2.28. The van der Waals surface area contributed by atoms with Crippen LogP contribution in [0.2, 0.25) is 0 Å². The van der Waals surface area contributed by atoms with Gasteiger partial charge in [0.1, 0.15) is 0 Å². The van der Waals surface area contributed by atoms with Crippen molar-refractivity contribution in [1.29, 1.82) is 0 Å². The highest BCUT2D eigenvalue weighted by molar-refractivity contribution is 5.81. The first-order valence-electron chi connectivity index (χ1n) is 4.58. The van der Waals surface area contributed by atoms with Gasteiger partial charge in [0.2, 0.25) is 5.91 Å². The van der Waals surface area contributed by atoms with E-state index in [1.54, 1.807) is 20.8 Å². The maximum atomic E-state index is 11.5. The first kappa shape index (κ1) is 12.4. The van der Waals surface area contributed by atoms with Crippen molar-refractivity contribution in [2.24, 2.45) is 5.41 Å². The van der Waals surface area contributed by atoms with E-state index in [-0.39, 0.29) is 11.9 Å². The fourth-order valence-corrected chi connectivity index (χ4v) is 0.590. The molecule has 0 fully saturated rings. The van der Waals surface area contributed by atoms with Crippen LogP contribution in [0.25, 0.3) is 0 Å². The summed E-state index contributed by atoms with van der Waals surface area (Å²) in [6, 6.07) is -0.237. The zero-order valence-corrected chi connectivity index (χ0v) is 9.43. The van der Waals surface area contributed by atoms with Crippen molar-refractivity contribution in [2.75, 3.05) is 0 Å². The largest absolute Gasteiger partial charge is 0.388 e. The molecule has 0 saturated heterocycles. The standard InChI is InChI=1S/C10H21NO2/c1-7(10(5,6)13)11-8(12)9(2,3)4/h7,13H,1-6H3,(H,11,12). The van der Waals surface area contributed by atoms with Crippen LogP contribution in [-0.4, -0.2) is 22.7 Å². The smallest absolute Gasteiger partial charge is 0.225 e. The molecular formula is C10H21NO2. The summed E-state index contributed by atoms with van der Waals surface area (Å²) in [5.41, 5.74) is -1.28. The normalized spacial score (nSPS) is 15.3. The summed E-state index contributed by atoms with van der Waals surface area (Å²) < 4.78 is 0. The third-order valence-corrected chi connectivity index (χ3v) is 2.09. The fraction of sp³-hybridized carbons (Fsp3) is 0.900. The van der Waals surface area contributed by atoms with E-state index in [1.165, 1.54) is 0 Å². The first-order chi connectivity index (χ1) is 5.55. The van der Waals surface area contributed by atoms with Gasteiger partial charge in [-0.05, 0) is 20.8 Å². The molecule has 1 amide bonds. The third-order valence-electron chi connectivity index (χ3n) is 2.09. The summed E-state index contributed by atoms with van der Waals surface area (Å²) in [4.78, 5) is 11.5. The van der Waals surface area contributed by atoms with Gasteiger partial charge in [-0.1, -0.05) is 20.8 Å². The lowest BCUT2D eigenvalue weighted by Crippen LogP contribution is -2.50. The molecule has 0 aromatic rings. The third kappa shape index (κ3) is 4.27. The summed E-state index contributed by atoms with van der Waals surface area (Å²) in [6.07, 6.45) is 0. The van der Waals surface area contributed by atoms with Crippen LogP contribution in [0.3, 0.4) is 0 Å². The van der Waals surface area contributed by atoms with E-state index in [1.807, 2.05) is 20.8 Å². The number of rotatable bonds is 2. The van der Waals surface area contributed by atoms with Gasteiger partial charge in [0.05, 0.1) is 11.6 Å². The second-order valence-corrected chi connectivity index (χ2v) is 5.10. The molecule has 0 heterocycles. The predicted octanol–water partition coefficient (Wildman–Crippen LogP) is 1.31. The molecule has 1 unspecified atom stereocenters. The molecule has 2 N–H and O–H groups in total. The van der Waals surface area contributed by atoms with Gasteiger partial charge in [0.15, 0.2) is 0 Å². The van der Waals surface area contributed by atoms with Gasteiger partial charge >= 0.3 is 0 Å². The van der Waals surface area contributed by atoms with Crippen LogP contribution < -0.4 is 5.32 Å². The molecule has 0 aliphatic heterocycles. The number of carbonyl (C=O) groups is 1. The van der Waals surface area contributed by atoms with Gasteiger partial charge in [-0.25, -0.2) is 0 Å². The minimum absolute atomic E-state index is 0.0397. The van der Waals surface area contributed by atoms with Crippen LogP contribution in [0.15, 0.2) is 0 Å². The molecule has 0 aromatic carbocycles. The monoisotopic (exact) mass is 187 g/mol.